The first-order valence-corrected chi connectivity index (χ1v) is 8.54. The molecule has 0 atom stereocenters. The second-order valence-corrected chi connectivity index (χ2v) is 6.72. The van der Waals surface area contributed by atoms with Crippen molar-refractivity contribution in [1.82, 2.24) is 0 Å². The lowest BCUT2D eigenvalue weighted by atomic mass is 9.89. The molecule has 2 aliphatic carbocycles. The monoisotopic (exact) mass is 306 g/mol. The molecule has 0 radical (unpaired) electrons. The van der Waals surface area contributed by atoms with Crippen molar-refractivity contribution in [2.75, 3.05) is 0 Å². The third-order valence-corrected chi connectivity index (χ3v) is 5.05. The maximum absolute atomic E-state index is 2.36. The summed E-state index contributed by atoms with van der Waals surface area (Å²) in [5.41, 5.74) is 11.1. The number of rotatable bonds is 4. The van der Waals surface area contributed by atoms with E-state index >= 15 is 0 Å². The Morgan fingerprint density at radius 3 is 2.00 bits per heavy atom. The zero-order chi connectivity index (χ0) is 15.9. The summed E-state index contributed by atoms with van der Waals surface area (Å²) in [7, 11) is 0. The third kappa shape index (κ3) is 2.32. The SMILES string of the molecule is C1=Cc2cc(Cc3cccc(Cc4cccc5c4C=C5)c3)ccc21. The van der Waals surface area contributed by atoms with Gasteiger partial charge in [-0.2, -0.15) is 0 Å². The first-order chi connectivity index (χ1) is 11.8. The third-order valence-electron chi connectivity index (χ3n) is 5.05. The van der Waals surface area contributed by atoms with Gasteiger partial charge in [0.25, 0.3) is 0 Å². The molecule has 0 amide bonds. The van der Waals surface area contributed by atoms with Crippen molar-refractivity contribution in [3.8, 4) is 0 Å². The molecule has 0 bridgehead atoms. The summed E-state index contributed by atoms with van der Waals surface area (Å²) < 4.78 is 0. The molecule has 2 aliphatic rings. The predicted molar refractivity (Wildman–Crippen MR) is 103 cm³/mol. The van der Waals surface area contributed by atoms with Crippen LogP contribution in [0.5, 0.6) is 0 Å². The van der Waals surface area contributed by atoms with Crippen LogP contribution in [0.15, 0.2) is 60.7 Å². The highest BCUT2D eigenvalue weighted by atomic mass is 14.2. The summed E-state index contributed by atoms with van der Waals surface area (Å²) in [6.07, 6.45) is 10.8. The largest absolute Gasteiger partial charge is 0.0617 e. The molecule has 0 N–H and O–H groups in total. The van der Waals surface area contributed by atoms with E-state index in [2.05, 4.69) is 85.0 Å². The van der Waals surface area contributed by atoms with Crippen LogP contribution < -0.4 is 0 Å². The van der Waals surface area contributed by atoms with Crippen LogP contribution in [-0.4, -0.2) is 0 Å². The quantitative estimate of drug-likeness (QED) is 0.391. The van der Waals surface area contributed by atoms with Crippen LogP contribution in [0.2, 0.25) is 0 Å². The summed E-state index contributed by atoms with van der Waals surface area (Å²) in [5, 5.41) is 0. The normalized spacial score (nSPS) is 13.0. The van der Waals surface area contributed by atoms with E-state index in [4.69, 9.17) is 0 Å². The van der Waals surface area contributed by atoms with Gasteiger partial charge in [-0.1, -0.05) is 85.0 Å². The Balaban J connectivity index is 1.38. The highest BCUT2D eigenvalue weighted by Crippen LogP contribution is 2.29. The molecule has 0 aliphatic heterocycles. The van der Waals surface area contributed by atoms with E-state index in [9.17, 15) is 0 Å². The molecule has 0 saturated heterocycles. The van der Waals surface area contributed by atoms with Crippen molar-refractivity contribution in [1.29, 1.82) is 0 Å². The van der Waals surface area contributed by atoms with E-state index < -0.39 is 0 Å². The van der Waals surface area contributed by atoms with Crippen molar-refractivity contribution in [3.05, 3.63) is 105 Å². The molecular weight excluding hydrogens is 288 g/mol. The molecule has 24 heavy (non-hydrogen) atoms. The van der Waals surface area contributed by atoms with Crippen molar-refractivity contribution in [2.45, 2.75) is 12.8 Å². The number of fused-ring (bicyclic) bond motifs is 2. The van der Waals surface area contributed by atoms with Gasteiger partial charge < -0.3 is 0 Å². The molecule has 0 unspecified atom stereocenters. The molecule has 3 aromatic carbocycles. The molecule has 0 heterocycles. The van der Waals surface area contributed by atoms with Gasteiger partial charge in [0.2, 0.25) is 0 Å². The second kappa shape index (κ2) is 5.35. The van der Waals surface area contributed by atoms with Crippen LogP contribution in [0.25, 0.3) is 24.3 Å². The van der Waals surface area contributed by atoms with Crippen LogP contribution >= 0.6 is 0 Å². The second-order valence-electron chi connectivity index (χ2n) is 6.72. The highest BCUT2D eigenvalue weighted by molar-refractivity contribution is 5.87. The van der Waals surface area contributed by atoms with Crippen LogP contribution in [0.3, 0.4) is 0 Å². The fourth-order valence-corrected chi connectivity index (χ4v) is 3.63. The first kappa shape index (κ1) is 13.6. The Morgan fingerprint density at radius 2 is 1.25 bits per heavy atom. The van der Waals surface area contributed by atoms with Crippen LogP contribution in [0, 0.1) is 0 Å². The zero-order valence-electron chi connectivity index (χ0n) is 13.5. The van der Waals surface area contributed by atoms with Gasteiger partial charge in [-0.25, -0.2) is 0 Å². The molecule has 5 rings (SSSR count). The minimum Gasteiger partial charge on any atom is -0.0617 e. The Kier molecular flexibility index (Phi) is 3.02. The van der Waals surface area contributed by atoms with Gasteiger partial charge in [0.1, 0.15) is 0 Å². The minimum atomic E-state index is 1.00. The zero-order valence-corrected chi connectivity index (χ0v) is 13.5. The Hall–Kier alpha value is -2.86. The maximum atomic E-state index is 2.36. The Morgan fingerprint density at radius 1 is 0.500 bits per heavy atom. The molecule has 3 aromatic rings. The van der Waals surface area contributed by atoms with Crippen molar-refractivity contribution >= 4 is 24.3 Å². The lowest BCUT2D eigenvalue weighted by molar-refractivity contribution is 1.13. The highest BCUT2D eigenvalue weighted by Gasteiger charge is 2.11. The minimum absolute atomic E-state index is 1.00. The predicted octanol–water partition coefficient (Wildman–Crippen LogP) is 5.84. The van der Waals surface area contributed by atoms with E-state index in [1.807, 2.05) is 0 Å². The molecule has 0 spiro atoms. The fraction of sp³-hybridized carbons (Fsp3) is 0.0833. The summed E-state index contributed by atoms with van der Waals surface area (Å²) >= 11 is 0. The smallest absolute Gasteiger partial charge is 0.00195 e. The van der Waals surface area contributed by atoms with Crippen molar-refractivity contribution < 1.29 is 0 Å². The van der Waals surface area contributed by atoms with E-state index in [0.717, 1.165) is 12.8 Å². The topological polar surface area (TPSA) is 0 Å². The van der Waals surface area contributed by atoms with Gasteiger partial charge in [0.05, 0.1) is 0 Å². The average molecular weight is 306 g/mol. The van der Waals surface area contributed by atoms with Gasteiger partial charge >= 0.3 is 0 Å². The van der Waals surface area contributed by atoms with Gasteiger partial charge in [-0.15, -0.1) is 0 Å². The van der Waals surface area contributed by atoms with Crippen LogP contribution in [0.1, 0.15) is 44.5 Å². The van der Waals surface area contributed by atoms with Gasteiger partial charge in [-0.05, 0) is 57.3 Å². The Labute approximate surface area is 142 Å². The van der Waals surface area contributed by atoms with Gasteiger partial charge in [0.15, 0.2) is 0 Å². The summed E-state index contributed by atoms with van der Waals surface area (Å²) in [6, 6.07) is 22.4. The molecule has 114 valence electrons. The van der Waals surface area contributed by atoms with Crippen molar-refractivity contribution in [2.24, 2.45) is 0 Å². The van der Waals surface area contributed by atoms with Gasteiger partial charge in [-0.3, -0.25) is 0 Å². The fourth-order valence-electron chi connectivity index (χ4n) is 3.63. The lowest BCUT2D eigenvalue weighted by Crippen LogP contribution is -1.99. The molecule has 0 aromatic heterocycles. The molecule has 0 heteroatoms. The van der Waals surface area contributed by atoms with Crippen LogP contribution in [0.4, 0.5) is 0 Å². The first-order valence-electron chi connectivity index (χ1n) is 8.54. The summed E-state index contributed by atoms with van der Waals surface area (Å²) in [6.45, 7) is 0. The van der Waals surface area contributed by atoms with Crippen molar-refractivity contribution in [3.63, 3.8) is 0 Å². The molecule has 0 nitrogen and oxygen atoms in total. The average Bonchev–Trinajstić information content (AvgIpc) is 2.52. The van der Waals surface area contributed by atoms with E-state index in [0.29, 0.717) is 0 Å². The summed E-state index contributed by atoms with van der Waals surface area (Å²) in [5.74, 6) is 0. The number of benzene rings is 3. The summed E-state index contributed by atoms with van der Waals surface area (Å²) in [4.78, 5) is 0. The van der Waals surface area contributed by atoms with E-state index in [1.165, 1.54) is 44.5 Å². The van der Waals surface area contributed by atoms with Crippen LogP contribution in [-0.2, 0) is 12.8 Å². The lowest BCUT2D eigenvalue weighted by Gasteiger charge is -2.16. The standard InChI is InChI=1S/C24H18/c1-3-17(14-19-7-8-20-9-10-22(20)15-19)13-18(4-1)16-23-6-2-5-21-11-12-24(21)23/h1-13,15H,14,16H2. The maximum Gasteiger partial charge on any atom is -0.00195 e. The molecular formula is C24H18. The van der Waals surface area contributed by atoms with E-state index in [-0.39, 0.29) is 0 Å². The molecule has 0 saturated carbocycles. The van der Waals surface area contributed by atoms with Gasteiger partial charge in [0, 0.05) is 0 Å². The number of hydrogen-bond donors (Lipinski definition) is 0. The molecule has 0 fully saturated rings. The van der Waals surface area contributed by atoms with E-state index in [1.54, 1.807) is 0 Å². The number of hydrogen-bond acceptors (Lipinski definition) is 0. The Bertz CT molecular complexity index is 1000.